The number of piperazine rings is 1. The van der Waals surface area contributed by atoms with Crippen LogP contribution >= 0.6 is 0 Å². The maximum atomic E-state index is 4.72. The Balaban J connectivity index is 1.78. The van der Waals surface area contributed by atoms with Crippen molar-refractivity contribution < 1.29 is 0 Å². The van der Waals surface area contributed by atoms with Gasteiger partial charge in [0, 0.05) is 36.9 Å². The number of aromatic nitrogens is 1. The van der Waals surface area contributed by atoms with Crippen LogP contribution in [0.25, 0.3) is 0 Å². The van der Waals surface area contributed by atoms with Gasteiger partial charge in [-0.15, -0.1) is 0 Å². The van der Waals surface area contributed by atoms with Gasteiger partial charge in [-0.2, -0.15) is 0 Å². The summed E-state index contributed by atoms with van der Waals surface area (Å²) in [5.74, 6) is 0.921. The van der Waals surface area contributed by atoms with Crippen molar-refractivity contribution in [3.8, 4) is 0 Å². The van der Waals surface area contributed by atoms with Crippen molar-refractivity contribution >= 4 is 0 Å². The third-order valence-corrected chi connectivity index (χ3v) is 5.59. The lowest BCUT2D eigenvalue weighted by Crippen LogP contribution is -2.64. The van der Waals surface area contributed by atoms with Gasteiger partial charge >= 0.3 is 0 Å². The zero-order chi connectivity index (χ0) is 14.9. The standard InChI is InChI=1S/C18H29N3/c1-4-18(5-2)13-19-17(15-9-10-15)12-21(18)11-16-8-6-7-14(3)20-16/h6-8,15,17,19H,4-5,9-13H2,1-3H3. The van der Waals surface area contributed by atoms with E-state index in [1.807, 2.05) is 0 Å². The van der Waals surface area contributed by atoms with Gasteiger partial charge in [-0.05, 0) is 50.7 Å². The highest BCUT2D eigenvalue weighted by Gasteiger charge is 2.43. The van der Waals surface area contributed by atoms with Gasteiger partial charge in [-0.1, -0.05) is 19.9 Å². The van der Waals surface area contributed by atoms with E-state index < -0.39 is 0 Å². The molecular formula is C18H29N3. The van der Waals surface area contributed by atoms with Crippen molar-refractivity contribution in [1.29, 1.82) is 0 Å². The number of nitrogens with zero attached hydrogens (tertiary/aromatic N) is 2. The summed E-state index contributed by atoms with van der Waals surface area (Å²) in [6.45, 7) is 10.1. The fourth-order valence-corrected chi connectivity index (χ4v) is 3.81. The maximum Gasteiger partial charge on any atom is 0.0547 e. The van der Waals surface area contributed by atoms with Gasteiger partial charge in [-0.3, -0.25) is 9.88 Å². The second-order valence-electron chi connectivity index (χ2n) is 6.91. The summed E-state index contributed by atoms with van der Waals surface area (Å²) >= 11 is 0. The summed E-state index contributed by atoms with van der Waals surface area (Å²) in [5.41, 5.74) is 2.65. The van der Waals surface area contributed by atoms with E-state index in [4.69, 9.17) is 4.98 Å². The lowest BCUT2D eigenvalue weighted by Gasteiger charge is -2.50. The lowest BCUT2D eigenvalue weighted by molar-refractivity contribution is 0.0193. The summed E-state index contributed by atoms with van der Waals surface area (Å²) in [7, 11) is 0. The SMILES string of the molecule is CCC1(CC)CNC(C2CC2)CN1Cc1cccc(C)n1. The first-order chi connectivity index (χ1) is 10.2. The quantitative estimate of drug-likeness (QED) is 0.902. The summed E-state index contributed by atoms with van der Waals surface area (Å²) in [6, 6.07) is 7.09. The topological polar surface area (TPSA) is 28.2 Å². The number of hydrogen-bond acceptors (Lipinski definition) is 3. The highest BCUT2D eigenvalue weighted by Crippen LogP contribution is 2.37. The van der Waals surface area contributed by atoms with Crippen molar-refractivity contribution in [2.75, 3.05) is 13.1 Å². The Morgan fingerprint density at radius 2 is 2.05 bits per heavy atom. The van der Waals surface area contributed by atoms with E-state index in [1.54, 1.807) is 0 Å². The largest absolute Gasteiger partial charge is 0.311 e. The second kappa shape index (κ2) is 6.05. The van der Waals surface area contributed by atoms with Crippen molar-refractivity contribution in [1.82, 2.24) is 15.2 Å². The Kier molecular flexibility index (Phi) is 4.32. The van der Waals surface area contributed by atoms with E-state index in [0.717, 1.165) is 24.7 Å². The smallest absolute Gasteiger partial charge is 0.0547 e. The average Bonchev–Trinajstić information content (AvgIpc) is 3.32. The molecule has 3 rings (SSSR count). The molecule has 1 saturated heterocycles. The summed E-state index contributed by atoms with van der Waals surface area (Å²) in [4.78, 5) is 7.44. The highest BCUT2D eigenvalue weighted by molar-refractivity contribution is 5.11. The lowest BCUT2D eigenvalue weighted by atomic mass is 9.86. The Bertz CT molecular complexity index is 477. The van der Waals surface area contributed by atoms with Crippen molar-refractivity contribution in [3.63, 3.8) is 0 Å². The van der Waals surface area contributed by atoms with Crippen molar-refractivity contribution in [3.05, 3.63) is 29.6 Å². The molecule has 1 aliphatic carbocycles. The molecule has 0 spiro atoms. The molecule has 0 bridgehead atoms. The molecule has 2 heterocycles. The van der Waals surface area contributed by atoms with E-state index in [9.17, 15) is 0 Å². The van der Waals surface area contributed by atoms with Gasteiger partial charge in [0.15, 0.2) is 0 Å². The second-order valence-corrected chi connectivity index (χ2v) is 6.91. The number of nitrogens with one attached hydrogen (secondary N) is 1. The molecule has 1 unspecified atom stereocenters. The monoisotopic (exact) mass is 287 g/mol. The van der Waals surface area contributed by atoms with Crippen molar-refractivity contribution in [2.45, 2.75) is 64.6 Å². The van der Waals surface area contributed by atoms with Gasteiger partial charge in [0.2, 0.25) is 0 Å². The molecule has 1 saturated carbocycles. The van der Waals surface area contributed by atoms with E-state index in [1.165, 1.54) is 37.9 Å². The zero-order valence-electron chi connectivity index (χ0n) is 13.7. The molecule has 21 heavy (non-hydrogen) atoms. The van der Waals surface area contributed by atoms with Crippen LogP contribution in [0.3, 0.4) is 0 Å². The zero-order valence-corrected chi connectivity index (χ0v) is 13.7. The van der Waals surface area contributed by atoms with Gasteiger partial charge in [0.05, 0.1) is 5.69 Å². The molecule has 1 N–H and O–H groups in total. The van der Waals surface area contributed by atoms with Gasteiger partial charge < -0.3 is 5.32 Å². The van der Waals surface area contributed by atoms with E-state index >= 15 is 0 Å². The minimum Gasteiger partial charge on any atom is -0.311 e. The van der Waals surface area contributed by atoms with E-state index in [2.05, 4.69) is 49.2 Å². The molecule has 3 heteroatoms. The van der Waals surface area contributed by atoms with Crippen LogP contribution in [-0.2, 0) is 6.54 Å². The minimum atomic E-state index is 0.302. The third kappa shape index (κ3) is 3.14. The number of hydrogen-bond donors (Lipinski definition) is 1. The normalized spacial score (nSPS) is 26.0. The molecule has 1 atom stereocenters. The van der Waals surface area contributed by atoms with Crippen LogP contribution in [-0.4, -0.2) is 34.6 Å². The van der Waals surface area contributed by atoms with Crippen LogP contribution in [0, 0.1) is 12.8 Å². The minimum absolute atomic E-state index is 0.302. The van der Waals surface area contributed by atoms with Crippen LogP contribution in [0.1, 0.15) is 50.9 Å². The highest BCUT2D eigenvalue weighted by atomic mass is 15.3. The Hall–Kier alpha value is -0.930. The molecule has 3 nitrogen and oxygen atoms in total. The fourth-order valence-electron chi connectivity index (χ4n) is 3.81. The van der Waals surface area contributed by atoms with Crippen LogP contribution in [0.5, 0.6) is 0 Å². The predicted octanol–water partition coefficient (Wildman–Crippen LogP) is 3.13. The molecule has 2 fully saturated rings. The summed E-state index contributed by atoms with van der Waals surface area (Å²) < 4.78 is 0. The summed E-state index contributed by atoms with van der Waals surface area (Å²) in [5, 5.41) is 3.84. The first-order valence-electron chi connectivity index (χ1n) is 8.58. The maximum absolute atomic E-state index is 4.72. The van der Waals surface area contributed by atoms with Gasteiger partial charge in [0.1, 0.15) is 0 Å². The Morgan fingerprint density at radius 1 is 1.29 bits per heavy atom. The first-order valence-corrected chi connectivity index (χ1v) is 8.58. The van der Waals surface area contributed by atoms with Crippen LogP contribution in [0.4, 0.5) is 0 Å². The molecule has 2 aliphatic rings. The van der Waals surface area contributed by atoms with Gasteiger partial charge in [0.25, 0.3) is 0 Å². The molecule has 0 aromatic carbocycles. The number of rotatable bonds is 5. The molecule has 1 aliphatic heterocycles. The molecule has 1 aromatic heterocycles. The van der Waals surface area contributed by atoms with Crippen LogP contribution in [0.15, 0.2) is 18.2 Å². The number of pyridine rings is 1. The Morgan fingerprint density at radius 3 is 2.67 bits per heavy atom. The fraction of sp³-hybridized carbons (Fsp3) is 0.722. The third-order valence-electron chi connectivity index (χ3n) is 5.59. The number of aryl methyl sites for hydroxylation is 1. The molecule has 116 valence electrons. The van der Waals surface area contributed by atoms with Crippen LogP contribution in [0.2, 0.25) is 0 Å². The molecular weight excluding hydrogens is 258 g/mol. The molecule has 0 radical (unpaired) electrons. The molecule has 0 amide bonds. The first kappa shape index (κ1) is 15.0. The summed E-state index contributed by atoms with van der Waals surface area (Å²) in [6.07, 6.45) is 5.25. The average molecular weight is 287 g/mol. The predicted molar refractivity (Wildman–Crippen MR) is 87.2 cm³/mol. The van der Waals surface area contributed by atoms with E-state index in [0.29, 0.717) is 11.6 Å². The van der Waals surface area contributed by atoms with Gasteiger partial charge in [-0.25, -0.2) is 0 Å². The van der Waals surface area contributed by atoms with Crippen LogP contribution < -0.4 is 5.32 Å². The van der Waals surface area contributed by atoms with Crippen molar-refractivity contribution in [2.24, 2.45) is 5.92 Å². The molecule has 1 aromatic rings. The Labute approximate surface area is 129 Å². The van der Waals surface area contributed by atoms with E-state index in [-0.39, 0.29) is 0 Å².